The van der Waals surface area contributed by atoms with E-state index in [9.17, 15) is 0 Å². The Kier molecular flexibility index (Phi) is 1.76. The van der Waals surface area contributed by atoms with Gasteiger partial charge in [0.25, 0.3) is 0 Å². The van der Waals surface area contributed by atoms with Crippen LogP contribution in [-0.4, -0.2) is 6.04 Å². The Morgan fingerprint density at radius 1 is 1.08 bits per heavy atom. The van der Waals surface area contributed by atoms with Crippen LogP contribution in [0.25, 0.3) is 0 Å². The summed E-state index contributed by atoms with van der Waals surface area (Å²) < 4.78 is 0. The Hall–Kier alpha value is -0.0400. The third-order valence-electron chi connectivity index (χ3n) is 4.08. The minimum absolute atomic E-state index is 0.548. The highest BCUT2D eigenvalue weighted by Crippen LogP contribution is 2.56. The van der Waals surface area contributed by atoms with Gasteiger partial charge in [-0.2, -0.15) is 0 Å². The molecule has 0 bridgehead atoms. The van der Waals surface area contributed by atoms with Gasteiger partial charge in [0.15, 0.2) is 0 Å². The molecule has 0 aromatic carbocycles. The molecule has 2 N–H and O–H groups in total. The maximum Gasteiger partial charge on any atom is 0.0102 e. The molecule has 1 heteroatoms. The lowest BCUT2D eigenvalue weighted by molar-refractivity contribution is 0.304. The number of nitrogens with two attached hydrogens (primary N) is 1. The first-order valence-corrected chi connectivity index (χ1v) is 5.30. The van der Waals surface area contributed by atoms with Gasteiger partial charge < -0.3 is 5.73 Å². The van der Waals surface area contributed by atoms with Gasteiger partial charge in [0, 0.05) is 6.04 Å². The van der Waals surface area contributed by atoms with Gasteiger partial charge in [-0.3, -0.25) is 0 Å². The van der Waals surface area contributed by atoms with E-state index in [0.717, 1.165) is 0 Å². The van der Waals surface area contributed by atoms with E-state index in [-0.39, 0.29) is 0 Å². The summed E-state index contributed by atoms with van der Waals surface area (Å²) in [5.41, 5.74) is 7.18. The van der Waals surface area contributed by atoms with Gasteiger partial charge in [-0.15, -0.1) is 0 Å². The van der Waals surface area contributed by atoms with Crippen molar-refractivity contribution in [1.29, 1.82) is 0 Å². The lowest BCUT2D eigenvalue weighted by atomic mass is 9.84. The highest BCUT2D eigenvalue weighted by molar-refractivity contribution is 5.07. The van der Waals surface area contributed by atoms with Crippen LogP contribution in [0.3, 0.4) is 0 Å². The minimum Gasteiger partial charge on any atom is -0.327 e. The van der Waals surface area contributed by atoms with Crippen LogP contribution in [0.1, 0.15) is 52.4 Å². The van der Waals surface area contributed by atoms with Crippen LogP contribution >= 0.6 is 0 Å². The molecule has 2 saturated carbocycles. The highest BCUT2D eigenvalue weighted by Gasteiger charge is 2.52. The standard InChI is InChI=1S/C11H21N/c1-10(2)4-3-5-11(7-6-10)8-9(11)12/h9H,3-8,12H2,1-2H3. The van der Waals surface area contributed by atoms with Gasteiger partial charge in [-0.1, -0.05) is 20.3 Å². The summed E-state index contributed by atoms with van der Waals surface area (Å²) >= 11 is 0. The maximum atomic E-state index is 5.99. The van der Waals surface area contributed by atoms with Crippen LogP contribution < -0.4 is 5.73 Å². The van der Waals surface area contributed by atoms with Crippen LogP contribution in [0.2, 0.25) is 0 Å². The molecule has 70 valence electrons. The van der Waals surface area contributed by atoms with Gasteiger partial charge in [-0.25, -0.2) is 0 Å². The normalized spacial score (nSPS) is 45.8. The van der Waals surface area contributed by atoms with Gasteiger partial charge in [0.05, 0.1) is 0 Å². The average molecular weight is 167 g/mol. The predicted molar refractivity (Wildman–Crippen MR) is 51.9 cm³/mol. The van der Waals surface area contributed by atoms with Crippen molar-refractivity contribution in [3.05, 3.63) is 0 Å². The first-order chi connectivity index (χ1) is 5.54. The van der Waals surface area contributed by atoms with Crippen molar-refractivity contribution in [1.82, 2.24) is 0 Å². The zero-order valence-corrected chi connectivity index (χ0v) is 8.40. The van der Waals surface area contributed by atoms with E-state index in [1.54, 1.807) is 0 Å². The highest BCUT2D eigenvalue weighted by atomic mass is 14.8. The molecule has 2 unspecified atom stereocenters. The second-order valence-electron chi connectivity index (χ2n) is 5.69. The van der Waals surface area contributed by atoms with E-state index in [1.165, 1.54) is 38.5 Å². The van der Waals surface area contributed by atoms with E-state index in [0.29, 0.717) is 16.9 Å². The molecule has 0 radical (unpaired) electrons. The molecule has 0 aromatic rings. The second-order valence-corrected chi connectivity index (χ2v) is 5.69. The molecular formula is C11H21N. The Morgan fingerprint density at radius 3 is 2.33 bits per heavy atom. The first-order valence-electron chi connectivity index (χ1n) is 5.30. The third-order valence-corrected chi connectivity index (χ3v) is 4.08. The molecule has 2 atom stereocenters. The lowest BCUT2D eigenvalue weighted by Gasteiger charge is -2.21. The van der Waals surface area contributed by atoms with Crippen molar-refractivity contribution < 1.29 is 0 Å². The molecule has 0 aliphatic heterocycles. The number of hydrogen-bond acceptors (Lipinski definition) is 1. The molecule has 1 spiro atoms. The molecule has 0 aromatic heterocycles. The van der Waals surface area contributed by atoms with E-state index < -0.39 is 0 Å². The van der Waals surface area contributed by atoms with Crippen molar-refractivity contribution in [3.63, 3.8) is 0 Å². The lowest BCUT2D eigenvalue weighted by Crippen LogP contribution is -2.14. The van der Waals surface area contributed by atoms with Gasteiger partial charge in [0.2, 0.25) is 0 Å². The molecular weight excluding hydrogens is 146 g/mol. The van der Waals surface area contributed by atoms with Crippen LogP contribution in [0.4, 0.5) is 0 Å². The Morgan fingerprint density at radius 2 is 1.75 bits per heavy atom. The fraction of sp³-hybridized carbons (Fsp3) is 1.00. The summed E-state index contributed by atoms with van der Waals surface area (Å²) in [6.45, 7) is 4.81. The van der Waals surface area contributed by atoms with Crippen LogP contribution in [0.5, 0.6) is 0 Å². The van der Waals surface area contributed by atoms with Crippen LogP contribution in [0, 0.1) is 10.8 Å². The van der Waals surface area contributed by atoms with Crippen LogP contribution in [0.15, 0.2) is 0 Å². The van der Waals surface area contributed by atoms with E-state index in [2.05, 4.69) is 13.8 Å². The zero-order chi connectivity index (χ0) is 8.82. The smallest absolute Gasteiger partial charge is 0.0102 e. The minimum atomic E-state index is 0.548. The van der Waals surface area contributed by atoms with Crippen molar-refractivity contribution in [2.45, 2.75) is 58.4 Å². The van der Waals surface area contributed by atoms with Crippen molar-refractivity contribution >= 4 is 0 Å². The summed E-state index contributed by atoms with van der Waals surface area (Å²) in [5.74, 6) is 0. The van der Waals surface area contributed by atoms with E-state index >= 15 is 0 Å². The van der Waals surface area contributed by atoms with E-state index in [1.807, 2.05) is 0 Å². The molecule has 2 rings (SSSR count). The predicted octanol–water partition coefficient (Wildman–Crippen LogP) is 2.69. The molecule has 2 aliphatic carbocycles. The molecule has 12 heavy (non-hydrogen) atoms. The molecule has 2 aliphatic rings. The molecule has 0 heterocycles. The molecule has 1 nitrogen and oxygen atoms in total. The zero-order valence-electron chi connectivity index (χ0n) is 8.40. The maximum absolute atomic E-state index is 5.99. The quantitative estimate of drug-likeness (QED) is 0.590. The first kappa shape index (κ1) is 8.55. The SMILES string of the molecule is CC1(C)CCCC2(CC1)CC2N. The topological polar surface area (TPSA) is 26.0 Å². The van der Waals surface area contributed by atoms with Crippen molar-refractivity contribution in [3.8, 4) is 0 Å². The largest absolute Gasteiger partial charge is 0.327 e. The Bertz CT molecular complexity index is 185. The Labute approximate surface area is 75.7 Å². The average Bonchev–Trinajstić information content (AvgIpc) is 2.61. The van der Waals surface area contributed by atoms with Crippen molar-refractivity contribution in [2.75, 3.05) is 0 Å². The fourth-order valence-electron chi connectivity index (χ4n) is 2.71. The summed E-state index contributed by atoms with van der Waals surface area (Å²) in [4.78, 5) is 0. The summed E-state index contributed by atoms with van der Waals surface area (Å²) in [7, 11) is 0. The Balaban J connectivity index is 1.99. The second kappa shape index (κ2) is 2.47. The van der Waals surface area contributed by atoms with Gasteiger partial charge in [0.1, 0.15) is 0 Å². The summed E-state index contributed by atoms with van der Waals surface area (Å²) in [5, 5.41) is 0. The number of rotatable bonds is 0. The van der Waals surface area contributed by atoms with Gasteiger partial charge in [-0.05, 0) is 42.9 Å². The van der Waals surface area contributed by atoms with Crippen molar-refractivity contribution in [2.24, 2.45) is 16.6 Å². The molecule has 2 fully saturated rings. The fourth-order valence-corrected chi connectivity index (χ4v) is 2.71. The molecule has 0 amide bonds. The summed E-state index contributed by atoms with van der Waals surface area (Å²) in [6.07, 6.45) is 8.30. The third kappa shape index (κ3) is 1.39. The van der Waals surface area contributed by atoms with E-state index in [4.69, 9.17) is 5.73 Å². The number of hydrogen-bond donors (Lipinski definition) is 1. The van der Waals surface area contributed by atoms with Gasteiger partial charge >= 0.3 is 0 Å². The molecule has 0 saturated heterocycles. The monoisotopic (exact) mass is 167 g/mol. The van der Waals surface area contributed by atoms with Crippen LogP contribution in [-0.2, 0) is 0 Å². The summed E-state index contributed by atoms with van der Waals surface area (Å²) in [6, 6.07) is 0.548.